The number of halogens is 1. The summed E-state index contributed by atoms with van der Waals surface area (Å²) in [5.41, 5.74) is 6.74. The summed E-state index contributed by atoms with van der Waals surface area (Å²) in [5, 5.41) is 5.86. The van der Waals surface area contributed by atoms with E-state index in [1.165, 1.54) is 0 Å². The van der Waals surface area contributed by atoms with Crippen molar-refractivity contribution in [3.63, 3.8) is 0 Å². The maximum Gasteiger partial charge on any atom is 0.253 e. The van der Waals surface area contributed by atoms with E-state index in [9.17, 15) is 4.79 Å². The Bertz CT molecular complexity index is 381. The molecular formula is C11H16BrN3O. The van der Waals surface area contributed by atoms with Crippen molar-refractivity contribution in [2.75, 3.05) is 19.3 Å². The summed E-state index contributed by atoms with van der Waals surface area (Å²) in [5.74, 6) is -0.146. The molecule has 0 saturated heterocycles. The molecule has 1 unspecified atom stereocenters. The zero-order chi connectivity index (χ0) is 12.1. The largest absolute Gasteiger partial charge is 0.398 e. The number of benzene rings is 1. The number of hydrogen-bond acceptors (Lipinski definition) is 3. The van der Waals surface area contributed by atoms with E-state index in [2.05, 4.69) is 26.6 Å². The van der Waals surface area contributed by atoms with Crippen LogP contribution in [-0.2, 0) is 0 Å². The Kier molecular flexibility index (Phi) is 4.76. The summed E-state index contributed by atoms with van der Waals surface area (Å²) in [4.78, 5) is 11.8. The van der Waals surface area contributed by atoms with Crippen LogP contribution in [0.15, 0.2) is 22.7 Å². The van der Waals surface area contributed by atoms with Crippen molar-refractivity contribution in [1.82, 2.24) is 10.6 Å². The van der Waals surface area contributed by atoms with E-state index < -0.39 is 0 Å². The van der Waals surface area contributed by atoms with Crippen molar-refractivity contribution < 1.29 is 4.79 Å². The number of rotatable bonds is 4. The van der Waals surface area contributed by atoms with E-state index in [1.807, 2.05) is 14.0 Å². The molecule has 0 saturated carbocycles. The van der Waals surface area contributed by atoms with E-state index in [4.69, 9.17) is 5.73 Å². The first kappa shape index (κ1) is 13.0. The fraction of sp³-hybridized carbons (Fsp3) is 0.364. The van der Waals surface area contributed by atoms with Gasteiger partial charge in [0.1, 0.15) is 0 Å². The molecule has 1 rings (SSSR count). The molecule has 0 bridgehead atoms. The fourth-order valence-corrected chi connectivity index (χ4v) is 1.56. The number of carbonyl (C=O) groups is 1. The lowest BCUT2D eigenvalue weighted by molar-refractivity contribution is 0.0951. The first-order valence-electron chi connectivity index (χ1n) is 5.05. The molecule has 0 heterocycles. The van der Waals surface area contributed by atoms with Crippen molar-refractivity contribution >= 4 is 27.5 Å². The molecule has 1 aromatic carbocycles. The van der Waals surface area contributed by atoms with Gasteiger partial charge < -0.3 is 16.4 Å². The molecule has 1 amide bonds. The highest BCUT2D eigenvalue weighted by molar-refractivity contribution is 9.10. The molecule has 0 aliphatic rings. The van der Waals surface area contributed by atoms with Gasteiger partial charge in [-0.1, -0.05) is 15.9 Å². The van der Waals surface area contributed by atoms with E-state index in [0.717, 1.165) is 4.47 Å². The van der Waals surface area contributed by atoms with Crippen LogP contribution in [-0.4, -0.2) is 25.5 Å². The van der Waals surface area contributed by atoms with Crippen LogP contribution in [0.4, 0.5) is 5.69 Å². The van der Waals surface area contributed by atoms with E-state index in [1.54, 1.807) is 18.2 Å². The predicted octanol–water partition coefficient (Wildman–Crippen LogP) is 1.37. The van der Waals surface area contributed by atoms with E-state index in [0.29, 0.717) is 17.8 Å². The van der Waals surface area contributed by atoms with Crippen molar-refractivity contribution in [3.05, 3.63) is 28.2 Å². The molecule has 0 aromatic heterocycles. The highest BCUT2D eigenvalue weighted by Gasteiger charge is 2.10. The highest BCUT2D eigenvalue weighted by Crippen LogP contribution is 2.18. The Labute approximate surface area is 104 Å². The second kappa shape index (κ2) is 5.86. The third-order valence-corrected chi connectivity index (χ3v) is 2.81. The smallest absolute Gasteiger partial charge is 0.253 e. The van der Waals surface area contributed by atoms with Crippen LogP contribution in [0.5, 0.6) is 0 Å². The second-order valence-electron chi connectivity index (χ2n) is 3.63. The van der Waals surface area contributed by atoms with Gasteiger partial charge in [0, 0.05) is 22.7 Å². The Hall–Kier alpha value is -1.07. The third-order valence-electron chi connectivity index (χ3n) is 2.32. The summed E-state index contributed by atoms with van der Waals surface area (Å²) < 4.78 is 0.866. The molecule has 0 fully saturated rings. The molecule has 88 valence electrons. The Morgan fingerprint density at radius 1 is 1.56 bits per heavy atom. The summed E-state index contributed by atoms with van der Waals surface area (Å²) in [6.45, 7) is 2.57. The Balaban J connectivity index is 2.66. The van der Waals surface area contributed by atoms with Crippen LogP contribution in [0.25, 0.3) is 0 Å². The number of amides is 1. The summed E-state index contributed by atoms with van der Waals surface area (Å²) in [6, 6.07) is 5.46. The number of hydrogen-bond donors (Lipinski definition) is 3. The molecule has 1 atom stereocenters. The molecule has 16 heavy (non-hydrogen) atoms. The second-order valence-corrected chi connectivity index (χ2v) is 4.55. The molecule has 1 aromatic rings. The van der Waals surface area contributed by atoms with Crippen LogP contribution in [0.2, 0.25) is 0 Å². The molecule has 0 radical (unpaired) electrons. The maximum atomic E-state index is 11.8. The van der Waals surface area contributed by atoms with Crippen LogP contribution in [0.3, 0.4) is 0 Å². The SMILES string of the molecule is CNC(C)CNC(=O)c1ccc(Br)cc1N. The molecule has 0 spiro atoms. The first-order chi connectivity index (χ1) is 7.54. The van der Waals surface area contributed by atoms with Gasteiger partial charge in [0.05, 0.1) is 5.56 Å². The summed E-state index contributed by atoms with van der Waals surface area (Å²) in [6.07, 6.45) is 0. The zero-order valence-electron chi connectivity index (χ0n) is 9.38. The fourth-order valence-electron chi connectivity index (χ4n) is 1.18. The van der Waals surface area contributed by atoms with Crippen molar-refractivity contribution in [2.45, 2.75) is 13.0 Å². The molecule has 0 aliphatic carbocycles. The van der Waals surface area contributed by atoms with Gasteiger partial charge in [0.25, 0.3) is 5.91 Å². The summed E-state index contributed by atoms with van der Waals surface area (Å²) >= 11 is 3.30. The number of nitrogens with two attached hydrogens (primary N) is 1. The minimum absolute atomic E-state index is 0.146. The van der Waals surface area contributed by atoms with Gasteiger partial charge in [-0.15, -0.1) is 0 Å². The number of anilines is 1. The van der Waals surface area contributed by atoms with Crippen LogP contribution in [0, 0.1) is 0 Å². The number of likely N-dealkylation sites (N-methyl/N-ethyl adjacent to an activating group) is 1. The minimum Gasteiger partial charge on any atom is -0.398 e. The van der Waals surface area contributed by atoms with Crippen molar-refractivity contribution in [3.8, 4) is 0 Å². The van der Waals surface area contributed by atoms with Crippen LogP contribution >= 0.6 is 15.9 Å². The van der Waals surface area contributed by atoms with Gasteiger partial charge in [0.15, 0.2) is 0 Å². The molecule has 4 N–H and O–H groups in total. The normalized spacial score (nSPS) is 12.2. The lowest BCUT2D eigenvalue weighted by Crippen LogP contribution is -2.37. The quantitative estimate of drug-likeness (QED) is 0.732. The monoisotopic (exact) mass is 285 g/mol. The van der Waals surface area contributed by atoms with E-state index >= 15 is 0 Å². The van der Waals surface area contributed by atoms with Gasteiger partial charge in [-0.05, 0) is 32.2 Å². The number of carbonyl (C=O) groups excluding carboxylic acids is 1. The Morgan fingerprint density at radius 2 is 2.25 bits per heavy atom. The van der Waals surface area contributed by atoms with Gasteiger partial charge >= 0.3 is 0 Å². The standard InChI is InChI=1S/C11H16BrN3O/c1-7(14-2)6-15-11(16)9-4-3-8(12)5-10(9)13/h3-5,7,14H,6,13H2,1-2H3,(H,15,16). The average Bonchev–Trinajstić information content (AvgIpc) is 2.25. The molecule has 4 nitrogen and oxygen atoms in total. The Morgan fingerprint density at radius 3 is 2.81 bits per heavy atom. The van der Waals surface area contributed by atoms with Gasteiger partial charge in [-0.3, -0.25) is 4.79 Å². The van der Waals surface area contributed by atoms with Crippen LogP contribution < -0.4 is 16.4 Å². The van der Waals surface area contributed by atoms with Gasteiger partial charge in [-0.2, -0.15) is 0 Å². The molecule has 0 aliphatic heterocycles. The maximum absolute atomic E-state index is 11.8. The zero-order valence-corrected chi connectivity index (χ0v) is 11.0. The predicted molar refractivity (Wildman–Crippen MR) is 69.4 cm³/mol. The van der Waals surface area contributed by atoms with Gasteiger partial charge in [0.2, 0.25) is 0 Å². The topological polar surface area (TPSA) is 67.1 Å². The van der Waals surface area contributed by atoms with Gasteiger partial charge in [-0.25, -0.2) is 0 Å². The average molecular weight is 286 g/mol. The van der Waals surface area contributed by atoms with Crippen molar-refractivity contribution in [2.24, 2.45) is 0 Å². The number of nitrogen functional groups attached to an aromatic ring is 1. The number of nitrogens with one attached hydrogen (secondary N) is 2. The molecular weight excluding hydrogens is 270 g/mol. The summed E-state index contributed by atoms with van der Waals surface area (Å²) in [7, 11) is 1.85. The molecule has 5 heteroatoms. The van der Waals surface area contributed by atoms with Crippen LogP contribution in [0.1, 0.15) is 17.3 Å². The van der Waals surface area contributed by atoms with E-state index in [-0.39, 0.29) is 11.9 Å². The van der Waals surface area contributed by atoms with Crippen molar-refractivity contribution in [1.29, 1.82) is 0 Å². The lowest BCUT2D eigenvalue weighted by Gasteiger charge is -2.12. The minimum atomic E-state index is -0.146. The lowest BCUT2D eigenvalue weighted by atomic mass is 10.1. The first-order valence-corrected chi connectivity index (χ1v) is 5.84. The third kappa shape index (κ3) is 3.50. The highest BCUT2D eigenvalue weighted by atomic mass is 79.9.